The highest BCUT2D eigenvalue weighted by atomic mass is 16.2. The summed E-state index contributed by atoms with van der Waals surface area (Å²) in [4.78, 5) is 34.9. The molecule has 7 nitrogen and oxygen atoms in total. The molecule has 0 aromatic carbocycles. The Morgan fingerprint density at radius 1 is 1.35 bits per heavy atom. The van der Waals surface area contributed by atoms with Gasteiger partial charge < -0.3 is 0 Å². The lowest BCUT2D eigenvalue weighted by Gasteiger charge is -2.13. The predicted octanol–water partition coefficient (Wildman–Crippen LogP) is 1.98. The van der Waals surface area contributed by atoms with Crippen molar-refractivity contribution in [2.45, 2.75) is 20.3 Å². The van der Waals surface area contributed by atoms with Crippen LogP contribution in [0.1, 0.15) is 41.0 Å². The van der Waals surface area contributed by atoms with Gasteiger partial charge in [0.1, 0.15) is 0 Å². The number of H-pyrrole nitrogens is 1. The molecule has 1 aliphatic rings. The van der Waals surface area contributed by atoms with Gasteiger partial charge in [-0.2, -0.15) is 5.10 Å². The summed E-state index contributed by atoms with van der Waals surface area (Å²) in [6.07, 6.45) is 7.29. The molecule has 0 bridgehead atoms. The smallest absolute Gasteiger partial charge is 0.263 e. The Bertz CT molecular complexity index is 834. The Kier molecular flexibility index (Phi) is 4.01. The van der Waals surface area contributed by atoms with Crippen molar-refractivity contribution in [1.29, 1.82) is 0 Å². The number of allylic oxidation sites excluding steroid dienone is 2. The molecule has 3 heterocycles. The standard InChI is InChI=1S/C16H17N5O2/c1-3-5-10(17-4-2)6-7-21-15(22)12-8-18-14-11(9-19-20-14)13(12)16(21)23/h3,5,8-9H,4,6-7H2,1-2H3,(H,18,19,20)/b5-3-,17-10?. The van der Waals surface area contributed by atoms with Gasteiger partial charge in [-0.15, -0.1) is 0 Å². The van der Waals surface area contributed by atoms with Gasteiger partial charge in [0.05, 0.1) is 22.7 Å². The highest BCUT2D eigenvalue weighted by Gasteiger charge is 2.37. The van der Waals surface area contributed by atoms with E-state index in [9.17, 15) is 9.59 Å². The van der Waals surface area contributed by atoms with E-state index in [1.807, 2.05) is 26.0 Å². The molecule has 0 saturated heterocycles. The van der Waals surface area contributed by atoms with Gasteiger partial charge in [0.2, 0.25) is 0 Å². The van der Waals surface area contributed by atoms with E-state index in [0.29, 0.717) is 41.7 Å². The van der Waals surface area contributed by atoms with Crippen LogP contribution in [0.2, 0.25) is 0 Å². The third-order valence-electron chi connectivity index (χ3n) is 3.73. The minimum absolute atomic E-state index is 0.296. The molecule has 2 aromatic rings. The van der Waals surface area contributed by atoms with Gasteiger partial charge in [-0.1, -0.05) is 6.08 Å². The number of rotatable bonds is 5. The molecule has 0 fully saturated rings. The average Bonchev–Trinajstić information content (AvgIpc) is 3.10. The Balaban J connectivity index is 1.87. The Labute approximate surface area is 133 Å². The molecule has 118 valence electrons. The van der Waals surface area contributed by atoms with Crippen molar-refractivity contribution in [3.8, 4) is 0 Å². The highest BCUT2D eigenvalue weighted by Crippen LogP contribution is 2.28. The van der Waals surface area contributed by atoms with Gasteiger partial charge in [0.15, 0.2) is 5.65 Å². The van der Waals surface area contributed by atoms with Gasteiger partial charge in [0.25, 0.3) is 11.8 Å². The van der Waals surface area contributed by atoms with E-state index in [0.717, 1.165) is 5.71 Å². The number of aliphatic imine (C=N–C) groups is 1. The van der Waals surface area contributed by atoms with Gasteiger partial charge in [0, 0.05) is 31.4 Å². The van der Waals surface area contributed by atoms with Crippen molar-refractivity contribution in [3.05, 3.63) is 35.7 Å². The van der Waals surface area contributed by atoms with E-state index in [1.54, 1.807) is 0 Å². The Hall–Kier alpha value is -2.83. The largest absolute Gasteiger partial charge is 0.290 e. The van der Waals surface area contributed by atoms with E-state index in [1.165, 1.54) is 17.3 Å². The topological polar surface area (TPSA) is 91.3 Å². The fraction of sp³-hybridized carbons (Fsp3) is 0.312. The Morgan fingerprint density at radius 2 is 2.17 bits per heavy atom. The molecule has 3 rings (SSSR count). The van der Waals surface area contributed by atoms with Crippen LogP contribution in [0.25, 0.3) is 11.0 Å². The number of nitrogens with one attached hydrogen (secondary N) is 1. The summed E-state index contributed by atoms with van der Waals surface area (Å²) in [5, 5.41) is 7.18. The van der Waals surface area contributed by atoms with Crippen molar-refractivity contribution < 1.29 is 9.59 Å². The first kappa shape index (κ1) is 15.1. The van der Waals surface area contributed by atoms with Crippen molar-refractivity contribution in [1.82, 2.24) is 20.1 Å². The summed E-state index contributed by atoms with van der Waals surface area (Å²) in [6.45, 7) is 4.83. The van der Waals surface area contributed by atoms with Crippen molar-refractivity contribution in [2.75, 3.05) is 13.1 Å². The summed E-state index contributed by atoms with van der Waals surface area (Å²) in [7, 11) is 0. The SMILES string of the molecule is C/C=C\C(CCN1C(=O)c2cnc3[nH]ncc3c2C1=O)=NCC. The molecule has 0 unspecified atom stereocenters. The lowest BCUT2D eigenvalue weighted by Crippen LogP contribution is -2.31. The normalized spacial score (nSPS) is 15.2. The molecule has 0 spiro atoms. The van der Waals surface area contributed by atoms with Gasteiger partial charge in [-0.3, -0.25) is 24.6 Å². The molecule has 0 aliphatic carbocycles. The third-order valence-corrected chi connectivity index (χ3v) is 3.73. The second kappa shape index (κ2) is 6.12. The minimum Gasteiger partial charge on any atom is -0.290 e. The first-order chi connectivity index (χ1) is 11.2. The zero-order valence-electron chi connectivity index (χ0n) is 13.0. The zero-order valence-corrected chi connectivity index (χ0v) is 13.0. The number of hydrogen-bond donors (Lipinski definition) is 1. The number of fused-ring (bicyclic) bond motifs is 3. The summed E-state index contributed by atoms with van der Waals surface area (Å²) in [6, 6.07) is 0. The first-order valence-corrected chi connectivity index (χ1v) is 7.51. The van der Waals surface area contributed by atoms with E-state index < -0.39 is 0 Å². The lowest BCUT2D eigenvalue weighted by molar-refractivity contribution is 0.0659. The molecular formula is C16H17N5O2. The van der Waals surface area contributed by atoms with Crippen LogP contribution in [0.3, 0.4) is 0 Å². The maximum atomic E-state index is 12.6. The second-order valence-electron chi connectivity index (χ2n) is 5.16. The molecule has 0 radical (unpaired) electrons. The van der Waals surface area contributed by atoms with Crippen molar-refractivity contribution in [3.63, 3.8) is 0 Å². The molecule has 1 N–H and O–H groups in total. The fourth-order valence-corrected chi connectivity index (χ4v) is 2.70. The molecular weight excluding hydrogens is 294 g/mol. The second-order valence-corrected chi connectivity index (χ2v) is 5.16. The van der Waals surface area contributed by atoms with Crippen LogP contribution in [0.5, 0.6) is 0 Å². The number of nitrogens with zero attached hydrogens (tertiary/aromatic N) is 4. The van der Waals surface area contributed by atoms with Gasteiger partial charge in [-0.05, 0) is 19.9 Å². The van der Waals surface area contributed by atoms with Crippen LogP contribution in [-0.2, 0) is 0 Å². The molecule has 2 aromatic heterocycles. The van der Waals surface area contributed by atoms with Crippen LogP contribution in [-0.4, -0.2) is 50.7 Å². The molecule has 7 heteroatoms. The highest BCUT2D eigenvalue weighted by molar-refractivity contribution is 6.25. The predicted molar refractivity (Wildman–Crippen MR) is 86.7 cm³/mol. The summed E-state index contributed by atoms with van der Waals surface area (Å²) in [5.41, 5.74) is 2.10. The average molecular weight is 311 g/mol. The number of pyridine rings is 1. The van der Waals surface area contributed by atoms with E-state index in [2.05, 4.69) is 20.2 Å². The third kappa shape index (κ3) is 2.54. The minimum atomic E-state index is -0.308. The maximum Gasteiger partial charge on any atom is 0.263 e. The summed E-state index contributed by atoms with van der Waals surface area (Å²) < 4.78 is 0. The number of aromatic amines is 1. The van der Waals surface area contributed by atoms with Crippen LogP contribution in [0, 0.1) is 0 Å². The van der Waals surface area contributed by atoms with Crippen molar-refractivity contribution >= 4 is 28.6 Å². The molecule has 2 amide bonds. The monoisotopic (exact) mass is 311 g/mol. The number of amides is 2. The number of aromatic nitrogens is 3. The molecule has 1 aliphatic heterocycles. The van der Waals surface area contributed by atoms with Gasteiger partial charge >= 0.3 is 0 Å². The van der Waals surface area contributed by atoms with Gasteiger partial charge in [-0.25, -0.2) is 4.98 Å². The number of imide groups is 1. The van der Waals surface area contributed by atoms with Crippen LogP contribution >= 0.6 is 0 Å². The molecule has 0 atom stereocenters. The first-order valence-electron chi connectivity index (χ1n) is 7.51. The van der Waals surface area contributed by atoms with Crippen LogP contribution < -0.4 is 0 Å². The summed E-state index contributed by atoms with van der Waals surface area (Å²) >= 11 is 0. The van der Waals surface area contributed by atoms with Crippen LogP contribution in [0.4, 0.5) is 0 Å². The number of carbonyl (C=O) groups is 2. The quantitative estimate of drug-likeness (QED) is 0.675. The zero-order chi connectivity index (χ0) is 16.4. The molecule has 23 heavy (non-hydrogen) atoms. The fourth-order valence-electron chi connectivity index (χ4n) is 2.70. The Morgan fingerprint density at radius 3 is 2.91 bits per heavy atom. The molecule has 0 saturated carbocycles. The summed E-state index contributed by atoms with van der Waals surface area (Å²) in [5.74, 6) is -0.605. The number of hydrogen-bond acceptors (Lipinski definition) is 5. The maximum absolute atomic E-state index is 12.6. The van der Waals surface area contributed by atoms with Crippen LogP contribution in [0.15, 0.2) is 29.5 Å². The van der Waals surface area contributed by atoms with E-state index >= 15 is 0 Å². The van der Waals surface area contributed by atoms with E-state index in [4.69, 9.17) is 0 Å². The lowest BCUT2D eigenvalue weighted by atomic mass is 10.1. The van der Waals surface area contributed by atoms with E-state index in [-0.39, 0.29) is 11.8 Å². The van der Waals surface area contributed by atoms with Crippen molar-refractivity contribution in [2.24, 2.45) is 4.99 Å². The number of carbonyl (C=O) groups excluding carboxylic acids is 2.